The van der Waals surface area contributed by atoms with Gasteiger partial charge in [-0.1, -0.05) is 31.9 Å². The van der Waals surface area contributed by atoms with E-state index in [-0.39, 0.29) is 11.3 Å². The Kier molecular flexibility index (Phi) is 5.98. The van der Waals surface area contributed by atoms with Crippen LogP contribution in [0.15, 0.2) is 23.5 Å². The van der Waals surface area contributed by atoms with Crippen LogP contribution >= 0.6 is 0 Å². The zero-order valence-electron chi connectivity index (χ0n) is 11.8. The third kappa shape index (κ3) is 3.70. The van der Waals surface area contributed by atoms with Crippen LogP contribution in [0.3, 0.4) is 0 Å². The van der Waals surface area contributed by atoms with Gasteiger partial charge in [-0.2, -0.15) is 5.26 Å². The number of hydrogen-bond donors (Lipinski definition) is 2. The Morgan fingerprint density at radius 3 is 2.70 bits per heavy atom. The fraction of sp³-hybridized carbons (Fsp3) is 0.533. The number of aliphatic hydroxyl groups is 1. The molecule has 2 atom stereocenters. The monoisotopic (exact) mass is 276 g/mol. The first kappa shape index (κ1) is 16.0. The van der Waals surface area contributed by atoms with Gasteiger partial charge < -0.3 is 10.4 Å². The van der Waals surface area contributed by atoms with Crippen LogP contribution in [-0.4, -0.2) is 22.8 Å². The molecule has 1 aliphatic heterocycles. The normalized spacial score (nSPS) is 22.8. The van der Waals surface area contributed by atoms with Crippen molar-refractivity contribution in [2.45, 2.75) is 45.6 Å². The van der Waals surface area contributed by atoms with E-state index in [1.165, 1.54) is 6.92 Å². The number of Topliss-reactive ketones (excluding diaryl/α,β-unsaturated/α-hetero) is 1. The van der Waals surface area contributed by atoms with Crippen molar-refractivity contribution < 1.29 is 14.7 Å². The number of nitrogens with one attached hydrogen (secondary N) is 1. The second-order valence-corrected chi connectivity index (χ2v) is 4.85. The van der Waals surface area contributed by atoms with Crippen molar-refractivity contribution in [1.82, 2.24) is 5.32 Å². The molecule has 0 spiro atoms. The van der Waals surface area contributed by atoms with Gasteiger partial charge in [0.25, 0.3) is 5.91 Å². The average molecular weight is 276 g/mol. The van der Waals surface area contributed by atoms with E-state index in [2.05, 4.69) is 12.2 Å². The summed E-state index contributed by atoms with van der Waals surface area (Å²) in [6.45, 7) is 3.40. The molecule has 2 unspecified atom stereocenters. The fourth-order valence-electron chi connectivity index (χ4n) is 2.13. The Morgan fingerprint density at radius 1 is 1.50 bits per heavy atom. The molecule has 1 fully saturated rings. The Hall–Kier alpha value is -2.09. The molecule has 2 N–H and O–H groups in total. The van der Waals surface area contributed by atoms with E-state index in [4.69, 9.17) is 5.26 Å². The number of rotatable bonds is 6. The van der Waals surface area contributed by atoms with E-state index >= 15 is 0 Å². The van der Waals surface area contributed by atoms with Gasteiger partial charge in [0, 0.05) is 0 Å². The summed E-state index contributed by atoms with van der Waals surface area (Å²) in [5.41, 5.74) is -0.241. The van der Waals surface area contributed by atoms with Crippen molar-refractivity contribution >= 4 is 11.7 Å². The first-order valence-corrected chi connectivity index (χ1v) is 6.84. The SMILES string of the molecule is CCCCCC=CC(C#N)C1NC(=O)C(=C(C)O)C1=O. The van der Waals surface area contributed by atoms with Gasteiger partial charge in [0.15, 0.2) is 5.78 Å². The van der Waals surface area contributed by atoms with E-state index in [9.17, 15) is 14.7 Å². The molecule has 0 aromatic carbocycles. The standard InChI is InChI=1S/C15H20N2O3/c1-3-4-5-6-7-8-11(9-16)13-14(19)12(10(2)18)15(20)17-13/h7-8,11,13,18H,3-6H2,1-2H3,(H,17,20). The molecule has 108 valence electrons. The predicted molar refractivity (Wildman–Crippen MR) is 74.7 cm³/mol. The van der Waals surface area contributed by atoms with Gasteiger partial charge in [0.1, 0.15) is 17.4 Å². The maximum Gasteiger partial charge on any atom is 0.259 e. The molecule has 0 aliphatic carbocycles. The maximum atomic E-state index is 12.0. The zero-order chi connectivity index (χ0) is 15.1. The summed E-state index contributed by atoms with van der Waals surface area (Å²) in [4.78, 5) is 23.6. The Morgan fingerprint density at radius 2 is 2.20 bits per heavy atom. The molecule has 1 heterocycles. The highest BCUT2D eigenvalue weighted by Crippen LogP contribution is 2.20. The topological polar surface area (TPSA) is 90.2 Å². The third-order valence-corrected chi connectivity index (χ3v) is 3.23. The van der Waals surface area contributed by atoms with Gasteiger partial charge in [-0.25, -0.2) is 0 Å². The van der Waals surface area contributed by atoms with Crippen LogP contribution in [0.25, 0.3) is 0 Å². The lowest BCUT2D eigenvalue weighted by Crippen LogP contribution is -2.35. The van der Waals surface area contributed by atoms with E-state index in [0.717, 1.165) is 25.7 Å². The quantitative estimate of drug-likeness (QED) is 0.256. The maximum absolute atomic E-state index is 12.0. The molecule has 0 bridgehead atoms. The second-order valence-electron chi connectivity index (χ2n) is 4.85. The summed E-state index contributed by atoms with van der Waals surface area (Å²) in [6, 6.07) is 1.12. The van der Waals surface area contributed by atoms with Crippen LogP contribution in [0.2, 0.25) is 0 Å². The van der Waals surface area contributed by atoms with Gasteiger partial charge in [-0.15, -0.1) is 0 Å². The van der Waals surface area contributed by atoms with Crippen molar-refractivity contribution in [1.29, 1.82) is 5.26 Å². The molecule has 5 heteroatoms. The average Bonchev–Trinajstić information content (AvgIpc) is 2.69. The summed E-state index contributed by atoms with van der Waals surface area (Å²) >= 11 is 0. The van der Waals surface area contributed by atoms with Crippen LogP contribution in [0.1, 0.15) is 39.5 Å². The van der Waals surface area contributed by atoms with Gasteiger partial charge in [-0.3, -0.25) is 9.59 Å². The fourth-order valence-corrected chi connectivity index (χ4v) is 2.13. The van der Waals surface area contributed by atoms with Gasteiger partial charge in [-0.05, 0) is 19.8 Å². The summed E-state index contributed by atoms with van der Waals surface area (Å²) in [5.74, 6) is -2.14. The number of aliphatic hydroxyl groups excluding tert-OH is 1. The van der Waals surface area contributed by atoms with Crippen molar-refractivity contribution in [2.75, 3.05) is 0 Å². The minimum absolute atomic E-state index is 0.241. The smallest absolute Gasteiger partial charge is 0.259 e. The molecular weight excluding hydrogens is 256 g/mol. The van der Waals surface area contributed by atoms with Crippen LogP contribution in [-0.2, 0) is 9.59 Å². The van der Waals surface area contributed by atoms with Gasteiger partial charge >= 0.3 is 0 Å². The number of nitrogens with zero attached hydrogens (tertiary/aromatic N) is 1. The Labute approximate surface area is 119 Å². The molecule has 0 aromatic rings. The Balaban J connectivity index is 2.73. The lowest BCUT2D eigenvalue weighted by molar-refractivity contribution is -0.117. The lowest BCUT2D eigenvalue weighted by Gasteiger charge is -2.10. The van der Waals surface area contributed by atoms with E-state index in [0.29, 0.717) is 0 Å². The van der Waals surface area contributed by atoms with Crippen LogP contribution in [0, 0.1) is 17.2 Å². The summed E-state index contributed by atoms with van der Waals surface area (Å²) in [5, 5.41) is 20.9. The first-order valence-electron chi connectivity index (χ1n) is 6.84. The van der Waals surface area contributed by atoms with Crippen LogP contribution in [0.4, 0.5) is 0 Å². The predicted octanol–water partition coefficient (Wildman–Crippen LogP) is 2.16. The number of unbranched alkanes of at least 4 members (excludes halogenated alkanes) is 3. The number of hydrogen-bond acceptors (Lipinski definition) is 4. The molecule has 5 nitrogen and oxygen atoms in total. The summed E-state index contributed by atoms with van der Waals surface area (Å²) < 4.78 is 0. The van der Waals surface area contributed by atoms with Crippen molar-refractivity contribution in [2.24, 2.45) is 5.92 Å². The van der Waals surface area contributed by atoms with E-state index < -0.39 is 23.7 Å². The van der Waals surface area contributed by atoms with Gasteiger partial charge in [0.2, 0.25) is 0 Å². The zero-order valence-corrected chi connectivity index (χ0v) is 11.8. The second kappa shape index (κ2) is 7.49. The van der Waals surface area contributed by atoms with Crippen LogP contribution in [0.5, 0.6) is 0 Å². The van der Waals surface area contributed by atoms with E-state index in [1.54, 1.807) is 6.08 Å². The van der Waals surface area contributed by atoms with Crippen molar-refractivity contribution in [3.63, 3.8) is 0 Å². The molecular formula is C15H20N2O3. The molecule has 1 rings (SSSR count). The molecule has 20 heavy (non-hydrogen) atoms. The Bertz CT molecular complexity index is 482. The first-order chi connectivity index (χ1) is 9.52. The minimum Gasteiger partial charge on any atom is -0.512 e. The highest BCUT2D eigenvalue weighted by molar-refractivity contribution is 6.27. The number of amides is 1. The molecule has 0 aromatic heterocycles. The summed E-state index contributed by atoms with van der Waals surface area (Å²) in [7, 11) is 0. The number of carbonyl (C=O) groups is 2. The number of allylic oxidation sites excluding steroid dienone is 2. The molecule has 1 amide bonds. The number of nitriles is 1. The van der Waals surface area contributed by atoms with Crippen molar-refractivity contribution in [3.8, 4) is 6.07 Å². The van der Waals surface area contributed by atoms with Gasteiger partial charge in [0.05, 0.1) is 12.0 Å². The largest absolute Gasteiger partial charge is 0.512 e. The summed E-state index contributed by atoms with van der Waals surface area (Å²) in [6.07, 6.45) is 7.66. The molecule has 0 saturated carbocycles. The lowest BCUT2D eigenvalue weighted by atomic mass is 9.96. The van der Waals surface area contributed by atoms with E-state index in [1.807, 2.05) is 12.1 Å². The highest BCUT2D eigenvalue weighted by atomic mass is 16.3. The molecule has 1 saturated heterocycles. The molecule has 0 radical (unpaired) electrons. The third-order valence-electron chi connectivity index (χ3n) is 3.23. The van der Waals surface area contributed by atoms with Crippen molar-refractivity contribution in [3.05, 3.63) is 23.5 Å². The number of carbonyl (C=O) groups excluding carboxylic acids is 2. The highest BCUT2D eigenvalue weighted by Gasteiger charge is 2.41. The number of ketones is 1. The molecule has 1 aliphatic rings. The van der Waals surface area contributed by atoms with Crippen LogP contribution < -0.4 is 5.32 Å². The minimum atomic E-state index is -0.896.